The number of primary amides is 1. The Morgan fingerprint density at radius 1 is 1.26 bits per heavy atom. The number of nitrogens with two attached hydrogens (primary N) is 2. The first-order valence-corrected chi connectivity index (χ1v) is 7.77. The van der Waals surface area contributed by atoms with Crippen molar-refractivity contribution in [3.8, 4) is 11.3 Å². The SMILES string of the molecule is Cc1cc(-c2ccnc(N)n2)ccc1Cc1ncc(C(N)=O)s1. The number of hydrogen-bond donors (Lipinski definition) is 2. The van der Waals surface area contributed by atoms with Crippen molar-refractivity contribution >= 4 is 23.2 Å². The van der Waals surface area contributed by atoms with Gasteiger partial charge in [-0.1, -0.05) is 12.1 Å². The van der Waals surface area contributed by atoms with Gasteiger partial charge in [-0.15, -0.1) is 11.3 Å². The smallest absolute Gasteiger partial charge is 0.260 e. The van der Waals surface area contributed by atoms with E-state index in [1.807, 2.05) is 25.1 Å². The fraction of sp³-hybridized carbons (Fsp3) is 0.125. The van der Waals surface area contributed by atoms with E-state index in [2.05, 4.69) is 21.0 Å². The summed E-state index contributed by atoms with van der Waals surface area (Å²) in [6.45, 7) is 2.03. The van der Waals surface area contributed by atoms with Crippen molar-refractivity contribution < 1.29 is 4.79 Å². The minimum absolute atomic E-state index is 0.256. The maximum atomic E-state index is 11.1. The van der Waals surface area contributed by atoms with Gasteiger partial charge in [0.25, 0.3) is 5.91 Å². The Morgan fingerprint density at radius 3 is 2.74 bits per heavy atom. The van der Waals surface area contributed by atoms with Gasteiger partial charge in [0.15, 0.2) is 0 Å². The van der Waals surface area contributed by atoms with Crippen LogP contribution in [0.25, 0.3) is 11.3 Å². The quantitative estimate of drug-likeness (QED) is 0.764. The van der Waals surface area contributed by atoms with E-state index in [0.29, 0.717) is 11.3 Å². The normalized spacial score (nSPS) is 10.7. The summed E-state index contributed by atoms with van der Waals surface area (Å²) in [5.74, 6) is -0.187. The topological polar surface area (TPSA) is 108 Å². The van der Waals surface area contributed by atoms with E-state index in [0.717, 1.165) is 27.4 Å². The van der Waals surface area contributed by atoms with Crippen molar-refractivity contribution in [3.05, 3.63) is 57.7 Å². The second kappa shape index (κ2) is 6.13. The number of aromatic nitrogens is 3. The molecule has 3 rings (SSSR count). The lowest BCUT2D eigenvalue weighted by Gasteiger charge is -2.07. The Morgan fingerprint density at radius 2 is 2.09 bits per heavy atom. The molecule has 0 bridgehead atoms. The average molecular weight is 325 g/mol. The van der Waals surface area contributed by atoms with Crippen LogP contribution in [0.4, 0.5) is 5.95 Å². The molecule has 0 unspecified atom stereocenters. The molecule has 1 aromatic carbocycles. The summed E-state index contributed by atoms with van der Waals surface area (Å²) in [6.07, 6.45) is 3.83. The average Bonchev–Trinajstić information content (AvgIpc) is 2.98. The highest BCUT2D eigenvalue weighted by Crippen LogP contribution is 2.24. The first-order chi connectivity index (χ1) is 11.0. The first kappa shape index (κ1) is 15.1. The number of nitrogens with zero attached hydrogens (tertiary/aromatic N) is 3. The molecule has 0 aliphatic carbocycles. The molecule has 0 saturated carbocycles. The number of aryl methyl sites for hydroxylation is 1. The van der Waals surface area contributed by atoms with Gasteiger partial charge in [-0.2, -0.15) is 0 Å². The maximum absolute atomic E-state index is 11.1. The summed E-state index contributed by atoms with van der Waals surface area (Å²) in [5.41, 5.74) is 14.9. The number of hydrogen-bond acceptors (Lipinski definition) is 6. The van der Waals surface area contributed by atoms with Crippen molar-refractivity contribution in [1.82, 2.24) is 15.0 Å². The number of carbonyl (C=O) groups is 1. The Bertz CT molecular complexity index is 874. The molecule has 4 N–H and O–H groups in total. The Labute approximate surface area is 137 Å². The second-order valence-electron chi connectivity index (χ2n) is 5.10. The Hall–Kier alpha value is -2.80. The van der Waals surface area contributed by atoms with Gasteiger partial charge in [0.1, 0.15) is 4.88 Å². The molecule has 0 fully saturated rings. The number of carbonyl (C=O) groups excluding carboxylic acids is 1. The molecule has 0 radical (unpaired) electrons. The van der Waals surface area contributed by atoms with Crippen LogP contribution in [0.15, 0.2) is 36.7 Å². The third-order valence-electron chi connectivity index (χ3n) is 3.45. The van der Waals surface area contributed by atoms with Gasteiger partial charge in [-0.25, -0.2) is 15.0 Å². The molecule has 0 spiro atoms. The molecule has 0 aliphatic heterocycles. The zero-order valence-corrected chi connectivity index (χ0v) is 13.3. The van der Waals surface area contributed by atoms with E-state index in [4.69, 9.17) is 11.5 Å². The van der Waals surface area contributed by atoms with Gasteiger partial charge in [0.2, 0.25) is 5.95 Å². The Balaban J connectivity index is 1.85. The van der Waals surface area contributed by atoms with Gasteiger partial charge >= 0.3 is 0 Å². The second-order valence-corrected chi connectivity index (χ2v) is 6.22. The molecule has 0 atom stereocenters. The summed E-state index contributed by atoms with van der Waals surface area (Å²) in [7, 11) is 0. The summed E-state index contributed by atoms with van der Waals surface area (Å²) in [5, 5.41) is 0.862. The van der Waals surface area contributed by atoms with Gasteiger partial charge in [0, 0.05) is 18.2 Å². The molecule has 6 nitrogen and oxygen atoms in total. The third kappa shape index (κ3) is 3.35. The Kier molecular flexibility index (Phi) is 4.03. The van der Waals surface area contributed by atoms with Gasteiger partial charge in [-0.05, 0) is 30.2 Å². The predicted octanol–water partition coefficient (Wildman–Crippen LogP) is 2.18. The highest BCUT2D eigenvalue weighted by Gasteiger charge is 2.10. The summed E-state index contributed by atoms with van der Waals surface area (Å²) in [4.78, 5) is 24.0. The number of amides is 1. The number of rotatable bonds is 4. The largest absolute Gasteiger partial charge is 0.368 e. The van der Waals surface area contributed by atoms with Crippen molar-refractivity contribution in [1.29, 1.82) is 0 Å². The first-order valence-electron chi connectivity index (χ1n) is 6.96. The fourth-order valence-electron chi connectivity index (χ4n) is 2.26. The van der Waals surface area contributed by atoms with E-state index in [1.165, 1.54) is 17.5 Å². The van der Waals surface area contributed by atoms with Crippen LogP contribution in [0.2, 0.25) is 0 Å². The molecule has 1 amide bonds. The van der Waals surface area contributed by atoms with Crippen LogP contribution < -0.4 is 11.5 Å². The number of thiazole rings is 1. The molecule has 7 heteroatoms. The monoisotopic (exact) mass is 325 g/mol. The van der Waals surface area contributed by atoms with Crippen LogP contribution in [-0.4, -0.2) is 20.9 Å². The standard InChI is InChI=1S/C16H15N5OS/c1-9-6-11(12-4-5-19-16(18)21-12)3-2-10(9)7-14-20-8-13(23-14)15(17)22/h2-6,8H,7H2,1H3,(H2,17,22)(H2,18,19,21). The van der Waals surface area contributed by atoms with Crippen LogP contribution in [0.5, 0.6) is 0 Å². The number of nitrogen functional groups attached to an aromatic ring is 1. The van der Waals surface area contributed by atoms with Crippen molar-refractivity contribution in [3.63, 3.8) is 0 Å². The fourth-order valence-corrected chi connectivity index (χ4v) is 3.05. The summed E-state index contributed by atoms with van der Waals surface area (Å²) >= 11 is 1.32. The van der Waals surface area contributed by atoms with Crippen molar-refractivity contribution in [2.45, 2.75) is 13.3 Å². The van der Waals surface area contributed by atoms with Crippen LogP contribution in [0.1, 0.15) is 25.8 Å². The molecule has 0 saturated heterocycles. The lowest BCUT2D eigenvalue weighted by Crippen LogP contribution is -2.08. The molecule has 23 heavy (non-hydrogen) atoms. The van der Waals surface area contributed by atoms with Crippen molar-refractivity contribution in [2.75, 3.05) is 5.73 Å². The molecule has 116 valence electrons. The lowest BCUT2D eigenvalue weighted by atomic mass is 10.0. The minimum atomic E-state index is -0.442. The highest BCUT2D eigenvalue weighted by atomic mass is 32.1. The van der Waals surface area contributed by atoms with Gasteiger partial charge in [0.05, 0.1) is 16.9 Å². The van der Waals surface area contributed by atoms with E-state index in [1.54, 1.807) is 6.20 Å². The predicted molar refractivity (Wildman–Crippen MR) is 90.1 cm³/mol. The third-order valence-corrected chi connectivity index (χ3v) is 4.46. The molecule has 0 aliphatic rings. The molecule has 2 aromatic heterocycles. The number of benzene rings is 1. The van der Waals surface area contributed by atoms with E-state index >= 15 is 0 Å². The van der Waals surface area contributed by atoms with Crippen LogP contribution in [0, 0.1) is 6.92 Å². The van der Waals surface area contributed by atoms with Crippen LogP contribution in [0.3, 0.4) is 0 Å². The zero-order chi connectivity index (χ0) is 16.4. The minimum Gasteiger partial charge on any atom is -0.368 e. The van der Waals surface area contributed by atoms with Crippen LogP contribution in [-0.2, 0) is 6.42 Å². The maximum Gasteiger partial charge on any atom is 0.260 e. The zero-order valence-electron chi connectivity index (χ0n) is 12.5. The van der Waals surface area contributed by atoms with E-state index in [9.17, 15) is 4.79 Å². The molecule has 3 aromatic rings. The van der Waals surface area contributed by atoms with Gasteiger partial charge in [-0.3, -0.25) is 4.79 Å². The van der Waals surface area contributed by atoms with E-state index in [-0.39, 0.29) is 5.95 Å². The summed E-state index contributed by atoms with van der Waals surface area (Å²) in [6, 6.07) is 7.91. The molecular formula is C16H15N5OS. The lowest BCUT2D eigenvalue weighted by molar-refractivity contribution is 0.100. The molecule has 2 heterocycles. The molecular weight excluding hydrogens is 310 g/mol. The van der Waals surface area contributed by atoms with Crippen LogP contribution >= 0.6 is 11.3 Å². The summed E-state index contributed by atoms with van der Waals surface area (Å²) < 4.78 is 0. The number of anilines is 1. The van der Waals surface area contributed by atoms with Gasteiger partial charge < -0.3 is 11.5 Å². The highest BCUT2D eigenvalue weighted by molar-refractivity contribution is 7.13. The van der Waals surface area contributed by atoms with E-state index < -0.39 is 5.91 Å². The van der Waals surface area contributed by atoms with Crippen molar-refractivity contribution in [2.24, 2.45) is 5.73 Å².